The first-order chi connectivity index (χ1) is 12.4. The molecule has 0 amide bonds. The van der Waals surface area contributed by atoms with Crippen molar-refractivity contribution in [2.24, 2.45) is 0 Å². The highest BCUT2D eigenvalue weighted by atomic mass is 16.5. The Bertz CT molecular complexity index is 882. The van der Waals surface area contributed by atoms with Crippen LogP contribution in [-0.2, 0) is 17.7 Å². The smallest absolute Gasteiger partial charge is 0.151 e. The lowest BCUT2D eigenvalue weighted by Crippen LogP contribution is -2.37. The van der Waals surface area contributed by atoms with Crippen LogP contribution in [0.2, 0.25) is 0 Å². The second-order valence-corrected chi connectivity index (χ2v) is 6.65. The van der Waals surface area contributed by atoms with Crippen LogP contribution in [0.4, 0.5) is 11.6 Å². The molecule has 0 bridgehead atoms. The minimum Gasteiger partial charge on any atom is -0.378 e. The van der Waals surface area contributed by atoms with E-state index in [0.717, 1.165) is 57.4 Å². The van der Waals surface area contributed by atoms with Crippen LogP contribution < -0.4 is 9.80 Å². The van der Waals surface area contributed by atoms with Gasteiger partial charge in [0.1, 0.15) is 0 Å². The Morgan fingerprint density at radius 3 is 2.44 bits per heavy atom. The average Bonchev–Trinajstić information content (AvgIpc) is 3.06. The summed E-state index contributed by atoms with van der Waals surface area (Å²) in [7, 11) is 0. The van der Waals surface area contributed by atoms with Gasteiger partial charge in [0.05, 0.1) is 19.8 Å². The van der Waals surface area contributed by atoms with E-state index in [1.165, 1.54) is 22.2 Å². The summed E-state index contributed by atoms with van der Waals surface area (Å²) in [6, 6.07) is 12.7. The first kappa shape index (κ1) is 14.7. The zero-order valence-corrected chi connectivity index (χ0v) is 14.1. The molecule has 0 radical (unpaired) electrons. The maximum absolute atomic E-state index is 5.40. The summed E-state index contributed by atoms with van der Waals surface area (Å²) in [5, 5.41) is 10.3. The third kappa shape index (κ3) is 2.62. The Balaban J connectivity index is 1.37. The van der Waals surface area contributed by atoms with E-state index in [0.29, 0.717) is 0 Å². The Labute approximate surface area is 146 Å². The summed E-state index contributed by atoms with van der Waals surface area (Å²) in [5.74, 6) is 1.89. The van der Waals surface area contributed by atoms with Gasteiger partial charge in [-0.15, -0.1) is 10.2 Å². The summed E-state index contributed by atoms with van der Waals surface area (Å²) in [6.07, 6.45) is 1.03. The van der Waals surface area contributed by atoms with Crippen LogP contribution in [0.1, 0.15) is 11.3 Å². The maximum atomic E-state index is 5.40. The van der Waals surface area contributed by atoms with Crippen molar-refractivity contribution < 1.29 is 4.74 Å². The van der Waals surface area contributed by atoms with E-state index in [-0.39, 0.29) is 0 Å². The summed E-state index contributed by atoms with van der Waals surface area (Å²) >= 11 is 0. The van der Waals surface area contributed by atoms with Gasteiger partial charge in [-0.25, -0.2) is 0 Å². The van der Waals surface area contributed by atoms with Gasteiger partial charge in [0.25, 0.3) is 0 Å². The molecule has 6 heteroatoms. The SMILES string of the molecule is c1ccc2c3c([nH]c2c1)CN(c1ccc(N2CCOCC2)nn1)CC3. The molecule has 2 aromatic heterocycles. The summed E-state index contributed by atoms with van der Waals surface area (Å²) in [4.78, 5) is 8.09. The van der Waals surface area contributed by atoms with Crippen molar-refractivity contribution in [3.63, 3.8) is 0 Å². The van der Waals surface area contributed by atoms with Gasteiger partial charge in [-0.3, -0.25) is 0 Å². The van der Waals surface area contributed by atoms with Crippen LogP contribution in [0.15, 0.2) is 36.4 Å². The summed E-state index contributed by atoms with van der Waals surface area (Å²) < 4.78 is 5.40. The number of nitrogens with one attached hydrogen (secondary N) is 1. The molecule has 0 unspecified atom stereocenters. The van der Waals surface area contributed by atoms with Crippen LogP contribution in [-0.4, -0.2) is 48.0 Å². The number of aromatic nitrogens is 3. The topological polar surface area (TPSA) is 57.3 Å². The second-order valence-electron chi connectivity index (χ2n) is 6.65. The largest absolute Gasteiger partial charge is 0.378 e. The van der Waals surface area contributed by atoms with E-state index in [1.54, 1.807) is 0 Å². The van der Waals surface area contributed by atoms with Crippen LogP contribution in [0.5, 0.6) is 0 Å². The van der Waals surface area contributed by atoms with Crippen molar-refractivity contribution in [3.8, 4) is 0 Å². The van der Waals surface area contributed by atoms with E-state index >= 15 is 0 Å². The second kappa shape index (κ2) is 6.04. The first-order valence-electron chi connectivity index (χ1n) is 8.88. The van der Waals surface area contributed by atoms with E-state index in [4.69, 9.17) is 4.74 Å². The Morgan fingerprint density at radius 1 is 0.880 bits per heavy atom. The molecule has 4 heterocycles. The number of anilines is 2. The van der Waals surface area contributed by atoms with Gasteiger partial charge in [-0.2, -0.15) is 0 Å². The monoisotopic (exact) mass is 335 g/mol. The number of nitrogens with zero attached hydrogens (tertiary/aromatic N) is 4. The van der Waals surface area contributed by atoms with Crippen molar-refractivity contribution in [1.82, 2.24) is 15.2 Å². The fourth-order valence-corrected chi connectivity index (χ4v) is 3.84. The van der Waals surface area contributed by atoms with Gasteiger partial charge in [-0.1, -0.05) is 18.2 Å². The maximum Gasteiger partial charge on any atom is 0.151 e. The van der Waals surface area contributed by atoms with Crippen molar-refractivity contribution in [3.05, 3.63) is 47.7 Å². The minimum atomic E-state index is 0.763. The highest BCUT2D eigenvalue weighted by Gasteiger charge is 2.22. The number of hydrogen-bond donors (Lipinski definition) is 1. The summed E-state index contributed by atoms with van der Waals surface area (Å²) in [6.45, 7) is 5.12. The molecule has 1 saturated heterocycles. The molecule has 2 aliphatic rings. The number of fused-ring (bicyclic) bond motifs is 3. The predicted molar refractivity (Wildman–Crippen MR) is 98.1 cm³/mol. The van der Waals surface area contributed by atoms with E-state index < -0.39 is 0 Å². The van der Waals surface area contributed by atoms with Gasteiger partial charge in [0.15, 0.2) is 11.6 Å². The highest BCUT2D eigenvalue weighted by molar-refractivity contribution is 5.85. The first-order valence-corrected chi connectivity index (χ1v) is 8.88. The lowest BCUT2D eigenvalue weighted by atomic mass is 10.0. The lowest BCUT2D eigenvalue weighted by molar-refractivity contribution is 0.122. The minimum absolute atomic E-state index is 0.763. The van der Waals surface area contributed by atoms with Crippen molar-refractivity contribution in [2.45, 2.75) is 13.0 Å². The Kier molecular flexibility index (Phi) is 3.56. The van der Waals surface area contributed by atoms with Crippen molar-refractivity contribution in [1.29, 1.82) is 0 Å². The van der Waals surface area contributed by atoms with Gasteiger partial charge in [0, 0.05) is 36.2 Å². The number of ether oxygens (including phenoxy) is 1. The highest BCUT2D eigenvalue weighted by Crippen LogP contribution is 2.29. The average molecular weight is 335 g/mol. The van der Waals surface area contributed by atoms with E-state index in [9.17, 15) is 0 Å². The van der Waals surface area contributed by atoms with Gasteiger partial charge in [0.2, 0.25) is 0 Å². The molecule has 25 heavy (non-hydrogen) atoms. The molecule has 0 spiro atoms. The fourth-order valence-electron chi connectivity index (χ4n) is 3.84. The third-order valence-electron chi connectivity index (χ3n) is 5.18. The molecule has 1 N–H and O–H groups in total. The normalized spacial score (nSPS) is 17.8. The summed E-state index contributed by atoms with van der Waals surface area (Å²) in [5.41, 5.74) is 3.97. The van der Waals surface area contributed by atoms with E-state index in [1.807, 2.05) is 0 Å². The quantitative estimate of drug-likeness (QED) is 0.779. The number of morpholine rings is 1. The molecular formula is C19H21N5O. The molecule has 0 aliphatic carbocycles. The number of para-hydroxylation sites is 1. The van der Waals surface area contributed by atoms with Crippen LogP contribution in [0.3, 0.4) is 0 Å². The molecule has 128 valence electrons. The Hall–Kier alpha value is -2.60. The zero-order valence-electron chi connectivity index (χ0n) is 14.1. The number of H-pyrrole nitrogens is 1. The van der Waals surface area contributed by atoms with Crippen molar-refractivity contribution in [2.75, 3.05) is 42.6 Å². The van der Waals surface area contributed by atoms with Crippen LogP contribution >= 0.6 is 0 Å². The van der Waals surface area contributed by atoms with Gasteiger partial charge in [-0.05, 0) is 30.2 Å². The zero-order chi connectivity index (χ0) is 16.6. The molecule has 0 atom stereocenters. The van der Waals surface area contributed by atoms with Crippen LogP contribution in [0, 0.1) is 0 Å². The van der Waals surface area contributed by atoms with Gasteiger partial charge >= 0.3 is 0 Å². The Morgan fingerprint density at radius 2 is 1.64 bits per heavy atom. The molecule has 5 rings (SSSR count). The fraction of sp³-hybridized carbons (Fsp3) is 0.368. The predicted octanol–water partition coefficient (Wildman–Crippen LogP) is 2.36. The van der Waals surface area contributed by atoms with Crippen LogP contribution in [0.25, 0.3) is 10.9 Å². The number of aromatic amines is 1. The molecule has 6 nitrogen and oxygen atoms in total. The molecule has 0 saturated carbocycles. The molecule has 3 aromatic rings. The molecule has 1 fully saturated rings. The lowest BCUT2D eigenvalue weighted by Gasteiger charge is -2.29. The number of rotatable bonds is 2. The third-order valence-corrected chi connectivity index (χ3v) is 5.18. The molecule has 1 aromatic carbocycles. The van der Waals surface area contributed by atoms with Gasteiger partial charge < -0.3 is 19.5 Å². The molecular weight excluding hydrogens is 314 g/mol. The number of benzene rings is 1. The number of hydrogen-bond acceptors (Lipinski definition) is 5. The standard InChI is InChI=1S/C19H21N5O/c1-2-4-16-14(3-1)15-7-8-24(13-17(15)20-16)19-6-5-18(21-22-19)23-9-11-25-12-10-23/h1-6,20H,7-13H2. The van der Waals surface area contributed by atoms with E-state index in [2.05, 4.69) is 61.4 Å². The van der Waals surface area contributed by atoms with Crippen molar-refractivity contribution >= 4 is 22.5 Å². The molecule has 2 aliphatic heterocycles.